The van der Waals surface area contributed by atoms with Gasteiger partial charge < -0.3 is 25.3 Å². The number of hydrogen-bond donors (Lipinski definition) is 2. The molecule has 0 radical (unpaired) electrons. The third-order valence-electron chi connectivity index (χ3n) is 8.09. The molecule has 0 bridgehead atoms. The number of likely N-dealkylation sites (N-methyl/N-ethyl adjacent to an activating group) is 1. The molecule has 2 N–H and O–H groups in total. The van der Waals surface area contributed by atoms with Crippen molar-refractivity contribution in [2.24, 2.45) is 5.41 Å². The van der Waals surface area contributed by atoms with Crippen molar-refractivity contribution >= 4 is 28.8 Å². The van der Waals surface area contributed by atoms with E-state index in [2.05, 4.69) is 32.6 Å². The number of pyridine rings is 1. The van der Waals surface area contributed by atoms with E-state index in [1.807, 2.05) is 23.2 Å². The number of alkyl halides is 3. The van der Waals surface area contributed by atoms with Crippen LogP contribution in [0.3, 0.4) is 0 Å². The molecule has 12 heteroatoms. The smallest absolute Gasteiger partial charge is 0.369 e. The molecular weight excluding hydrogens is 511 g/mol. The van der Waals surface area contributed by atoms with Crippen LogP contribution in [0, 0.1) is 5.41 Å². The van der Waals surface area contributed by atoms with Crippen molar-refractivity contribution in [1.29, 1.82) is 0 Å². The summed E-state index contributed by atoms with van der Waals surface area (Å²) in [6.45, 7) is 5.07. The first-order valence-corrected chi connectivity index (χ1v) is 13.0. The highest BCUT2D eigenvalue weighted by atomic mass is 19.4. The SMILES string of the molecule is CN1CCN(c2ccn3ncc(C(=O)N4CC5(CC(NC(=O)Nc6cccc(C(F)(F)F)c6)C5)C4)c3c2)CC1. The lowest BCUT2D eigenvalue weighted by Gasteiger charge is -2.58. The van der Waals surface area contributed by atoms with Crippen molar-refractivity contribution in [3.05, 3.63) is 59.9 Å². The molecular formula is C27H30F3N7O2. The number of nitrogens with zero attached hydrogens (tertiary/aromatic N) is 5. The Balaban J connectivity index is 1.02. The van der Waals surface area contributed by atoms with Crippen molar-refractivity contribution in [3.63, 3.8) is 0 Å². The number of carbonyl (C=O) groups is 2. The quantitative estimate of drug-likeness (QED) is 0.528. The molecule has 9 nitrogen and oxygen atoms in total. The predicted molar refractivity (Wildman–Crippen MR) is 140 cm³/mol. The van der Waals surface area contributed by atoms with Gasteiger partial charge in [-0.05, 0) is 50.2 Å². The van der Waals surface area contributed by atoms with Gasteiger partial charge in [0.05, 0.1) is 22.8 Å². The molecule has 6 rings (SSSR count). The Morgan fingerprint density at radius 2 is 1.79 bits per heavy atom. The van der Waals surface area contributed by atoms with Crippen molar-refractivity contribution in [2.75, 3.05) is 56.5 Å². The molecule has 3 fully saturated rings. The molecule has 2 saturated heterocycles. The number of fused-ring (bicyclic) bond motifs is 1. The lowest BCUT2D eigenvalue weighted by atomic mass is 9.60. The first kappa shape index (κ1) is 25.5. The lowest BCUT2D eigenvalue weighted by molar-refractivity contribution is -0.137. The largest absolute Gasteiger partial charge is 0.416 e. The van der Waals surface area contributed by atoms with Gasteiger partial charge in [-0.2, -0.15) is 18.3 Å². The van der Waals surface area contributed by atoms with Crippen LogP contribution in [0.1, 0.15) is 28.8 Å². The molecule has 1 aromatic carbocycles. The average Bonchev–Trinajstić information content (AvgIpc) is 3.28. The first-order chi connectivity index (χ1) is 18.6. The van der Waals surface area contributed by atoms with E-state index in [1.165, 1.54) is 12.1 Å². The minimum Gasteiger partial charge on any atom is -0.369 e. The van der Waals surface area contributed by atoms with Gasteiger partial charge in [-0.3, -0.25) is 4.79 Å². The van der Waals surface area contributed by atoms with Crippen molar-refractivity contribution < 1.29 is 22.8 Å². The third-order valence-corrected chi connectivity index (χ3v) is 8.09. The summed E-state index contributed by atoms with van der Waals surface area (Å²) in [6.07, 6.45) is 0.478. The van der Waals surface area contributed by atoms with E-state index in [1.54, 1.807) is 10.7 Å². The molecule has 4 heterocycles. The number of nitrogens with one attached hydrogen (secondary N) is 2. The second-order valence-electron chi connectivity index (χ2n) is 11.0. The summed E-state index contributed by atoms with van der Waals surface area (Å²) in [4.78, 5) is 32.1. The first-order valence-electron chi connectivity index (χ1n) is 13.0. The van der Waals surface area contributed by atoms with Crippen LogP contribution in [0.4, 0.5) is 29.3 Å². The minimum atomic E-state index is -4.47. The Bertz CT molecular complexity index is 1400. The molecule has 1 saturated carbocycles. The van der Waals surface area contributed by atoms with Gasteiger partial charge in [-0.15, -0.1) is 0 Å². The highest BCUT2D eigenvalue weighted by molar-refractivity contribution is 6.01. The fraction of sp³-hybridized carbons (Fsp3) is 0.444. The van der Waals surface area contributed by atoms with Crippen LogP contribution in [0.25, 0.3) is 5.52 Å². The van der Waals surface area contributed by atoms with E-state index < -0.39 is 17.8 Å². The van der Waals surface area contributed by atoms with Crippen molar-refractivity contribution in [1.82, 2.24) is 24.7 Å². The number of anilines is 2. The van der Waals surface area contributed by atoms with E-state index in [0.717, 1.165) is 62.4 Å². The zero-order chi connectivity index (χ0) is 27.4. The summed E-state index contributed by atoms with van der Waals surface area (Å²) in [5.74, 6) is -0.0511. The maximum atomic E-state index is 13.3. The molecule has 39 heavy (non-hydrogen) atoms. The van der Waals surface area contributed by atoms with Gasteiger partial charge in [0.25, 0.3) is 5.91 Å². The summed E-state index contributed by atoms with van der Waals surface area (Å²) in [6, 6.07) is 7.99. The fourth-order valence-electron chi connectivity index (χ4n) is 5.94. The van der Waals surface area contributed by atoms with Crippen LogP contribution in [-0.2, 0) is 6.18 Å². The Labute approximate surface area is 223 Å². The summed E-state index contributed by atoms with van der Waals surface area (Å²) < 4.78 is 40.5. The van der Waals surface area contributed by atoms with Gasteiger partial charge in [0.15, 0.2) is 0 Å². The highest BCUT2D eigenvalue weighted by Crippen LogP contribution is 2.49. The van der Waals surface area contributed by atoms with Crippen LogP contribution >= 0.6 is 0 Å². The molecule has 1 aliphatic carbocycles. The number of urea groups is 1. The number of amides is 3. The number of aromatic nitrogens is 2. The third kappa shape index (κ3) is 5.00. The molecule has 2 aliphatic heterocycles. The second-order valence-corrected chi connectivity index (χ2v) is 11.0. The van der Waals surface area contributed by atoms with Crippen LogP contribution in [0.15, 0.2) is 48.8 Å². The molecule has 3 aliphatic rings. The molecule has 0 unspecified atom stereocenters. The van der Waals surface area contributed by atoms with Crippen molar-refractivity contribution in [3.8, 4) is 0 Å². The topological polar surface area (TPSA) is 85.2 Å². The molecule has 3 amide bonds. The van der Waals surface area contributed by atoms with E-state index in [0.29, 0.717) is 18.7 Å². The number of rotatable bonds is 4. The number of carbonyl (C=O) groups excluding carboxylic acids is 2. The molecule has 2 aromatic heterocycles. The van der Waals surface area contributed by atoms with E-state index in [-0.39, 0.29) is 23.1 Å². The van der Waals surface area contributed by atoms with Gasteiger partial charge in [0.2, 0.25) is 0 Å². The molecule has 0 atom stereocenters. The molecule has 3 aromatic rings. The predicted octanol–water partition coefficient (Wildman–Crippen LogP) is 3.53. The summed E-state index contributed by atoms with van der Waals surface area (Å²) in [7, 11) is 2.12. The standard InChI is InChI=1S/C27H30F3N7O2/c1-34-7-9-35(10-8-34)21-5-6-37-23(12-21)22(15-31-37)24(38)36-16-26(17-36)13-20(14-26)33-25(39)32-19-4-2-3-18(11-19)27(28,29)30/h2-6,11-12,15,20H,7-10,13-14,16-17H2,1H3,(H2,32,33,39). The summed E-state index contributed by atoms with van der Waals surface area (Å²) >= 11 is 0. The van der Waals surface area contributed by atoms with Gasteiger partial charge in [-0.25, -0.2) is 9.31 Å². The normalized spacial score (nSPS) is 19.6. The minimum absolute atomic E-state index is 0.0300. The molecule has 206 valence electrons. The molecule has 1 spiro atoms. The zero-order valence-electron chi connectivity index (χ0n) is 21.5. The maximum Gasteiger partial charge on any atom is 0.416 e. The lowest BCUT2D eigenvalue weighted by Crippen LogP contribution is -2.67. The van der Waals surface area contributed by atoms with Crippen LogP contribution in [-0.4, -0.2) is 83.7 Å². The van der Waals surface area contributed by atoms with E-state index >= 15 is 0 Å². The Morgan fingerprint density at radius 1 is 1.05 bits per heavy atom. The Morgan fingerprint density at radius 3 is 2.51 bits per heavy atom. The van der Waals surface area contributed by atoms with Gasteiger partial charge >= 0.3 is 12.2 Å². The number of piperazine rings is 1. The van der Waals surface area contributed by atoms with E-state index in [9.17, 15) is 22.8 Å². The van der Waals surface area contributed by atoms with Crippen molar-refractivity contribution in [2.45, 2.75) is 25.1 Å². The highest BCUT2D eigenvalue weighted by Gasteiger charge is 2.54. The summed E-state index contributed by atoms with van der Waals surface area (Å²) in [5.41, 5.74) is 1.69. The van der Waals surface area contributed by atoms with E-state index in [4.69, 9.17) is 0 Å². The van der Waals surface area contributed by atoms with Crippen LogP contribution in [0.5, 0.6) is 0 Å². The second kappa shape index (κ2) is 9.44. The monoisotopic (exact) mass is 541 g/mol. The van der Waals surface area contributed by atoms with Gasteiger partial charge in [0.1, 0.15) is 0 Å². The number of likely N-dealkylation sites (tertiary alicyclic amines) is 1. The Hall–Kier alpha value is -3.80. The maximum absolute atomic E-state index is 13.3. The summed E-state index contributed by atoms with van der Waals surface area (Å²) in [5, 5.41) is 9.68. The number of hydrogen-bond acceptors (Lipinski definition) is 5. The average molecular weight is 542 g/mol. The fourth-order valence-corrected chi connectivity index (χ4v) is 5.94. The Kier molecular flexibility index (Phi) is 6.17. The number of benzene rings is 1. The van der Waals surface area contributed by atoms with Crippen LogP contribution < -0.4 is 15.5 Å². The number of halogens is 3. The van der Waals surface area contributed by atoms with Gasteiger partial charge in [-0.1, -0.05) is 6.07 Å². The van der Waals surface area contributed by atoms with Gasteiger partial charge in [0, 0.05) is 68.3 Å². The van der Waals surface area contributed by atoms with Crippen LogP contribution in [0.2, 0.25) is 0 Å². The zero-order valence-corrected chi connectivity index (χ0v) is 21.5.